The van der Waals surface area contributed by atoms with Crippen molar-refractivity contribution in [3.05, 3.63) is 59.2 Å². The lowest BCUT2D eigenvalue weighted by molar-refractivity contribution is -0.141. The average Bonchev–Trinajstić information content (AvgIpc) is 3.25. The number of nitrogens with zero attached hydrogens (tertiary/aromatic N) is 1. The minimum absolute atomic E-state index is 0.00191. The molecule has 2 aromatic rings. The minimum Gasteiger partial charge on any atom is -0.497 e. The fourth-order valence-electron chi connectivity index (χ4n) is 3.27. The molecule has 10 heteroatoms. The summed E-state index contributed by atoms with van der Waals surface area (Å²) in [5.74, 6) is -1.02. The second-order valence-corrected chi connectivity index (χ2v) is 9.24. The van der Waals surface area contributed by atoms with Crippen LogP contribution in [0.2, 0.25) is 0 Å². The van der Waals surface area contributed by atoms with E-state index in [0.29, 0.717) is 35.5 Å². The smallest absolute Gasteiger partial charge is 0.325 e. The summed E-state index contributed by atoms with van der Waals surface area (Å²) in [6.07, 6.45) is 0.507. The number of ether oxygens (including phenoxy) is 2. The molecule has 1 aliphatic rings. The zero-order chi connectivity index (χ0) is 23.3. The lowest BCUT2D eigenvalue weighted by Crippen LogP contribution is -2.31. The molecule has 9 nitrogen and oxygen atoms in total. The zero-order valence-electron chi connectivity index (χ0n) is 17.8. The monoisotopic (exact) mass is 460 g/mol. The maximum absolute atomic E-state index is 12.4. The van der Waals surface area contributed by atoms with Gasteiger partial charge in [-0.3, -0.25) is 18.7 Å². The Kier molecular flexibility index (Phi) is 7.14. The number of esters is 1. The molecule has 0 atom stereocenters. The minimum atomic E-state index is -3.36. The van der Waals surface area contributed by atoms with Gasteiger partial charge in [-0.05, 0) is 61.4 Å². The van der Waals surface area contributed by atoms with E-state index < -0.39 is 34.3 Å². The summed E-state index contributed by atoms with van der Waals surface area (Å²) in [5, 5.41) is 2.43. The maximum atomic E-state index is 12.4. The highest BCUT2D eigenvalue weighted by Crippen LogP contribution is 2.31. The van der Waals surface area contributed by atoms with E-state index in [-0.39, 0.29) is 12.3 Å². The van der Waals surface area contributed by atoms with Gasteiger partial charge in [-0.15, -0.1) is 0 Å². The van der Waals surface area contributed by atoms with Gasteiger partial charge in [-0.1, -0.05) is 0 Å². The molecule has 0 saturated heterocycles. The Morgan fingerprint density at radius 2 is 1.75 bits per heavy atom. The van der Waals surface area contributed by atoms with Gasteiger partial charge in [0.15, 0.2) is 12.4 Å². The van der Waals surface area contributed by atoms with Crippen molar-refractivity contribution in [2.24, 2.45) is 0 Å². The summed E-state index contributed by atoms with van der Waals surface area (Å²) in [6, 6.07) is 11.1. The van der Waals surface area contributed by atoms with Crippen LogP contribution in [0.1, 0.15) is 33.2 Å². The number of hydrogen-bond acceptors (Lipinski definition) is 7. The zero-order valence-corrected chi connectivity index (χ0v) is 18.6. The highest BCUT2D eigenvalue weighted by atomic mass is 32.2. The fourth-order valence-corrected chi connectivity index (χ4v) is 4.43. The normalized spacial score (nSPS) is 12.8. The predicted molar refractivity (Wildman–Crippen MR) is 118 cm³/mol. The molecular weight excluding hydrogens is 436 g/mol. The van der Waals surface area contributed by atoms with Gasteiger partial charge in [0.25, 0.3) is 5.91 Å². The van der Waals surface area contributed by atoms with Gasteiger partial charge in [0.05, 0.1) is 18.6 Å². The van der Waals surface area contributed by atoms with Crippen LogP contribution in [0.4, 0.5) is 5.69 Å². The molecule has 0 radical (unpaired) electrons. The molecule has 0 unspecified atom stereocenters. The van der Waals surface area contributed by atoms with Crippen molar-refractivity contribution < 1.29 is 32.3 Å². The molecule has 170 valence electrons. The number of fused-ring (bicyclic) bond motifs is 1. The number of methoxy groups -OCH3 is 1. The van der Waals surface area contributed by atoms with Crippen molar-refractivity contribution in [3.63, 3.8) is 0 Å². The lowest BCUT2D eigenvalue weighted by Gasteiger charge is -2.18. The van der Waals surface area contributed by atoms with Crippen LogP contribution in [0.5, 0.6) is 5.75 Å². The van der Waals surface area contributed by atoms with Crippen molar-refractivity contribution in [1.29, 1.82) is 0 Å². The Labute approximate surface area is 186 Å². The summed E-state index contributed by atoms with van der Waals surface area (Å²) in [6.45, 7) is 1.06. The highest BCUT2D eigenvalue weighted by Gasteiger charge is 2.28. The third kappa shape index (κ3) is 5.25. The Morgan fingerprint density at radius 3 is 2.41 bits per heavy atom. The molecule has 1 aliphatic heterocycles. The van der Waals surface area contributed by atoms with Crippen LogP contribution in [0.15, 0.2) is 42.5 Å². The molecule has 2 aromatic carbocycles. The quantitative estimate of drug-likeness (QED) is 0.446. The summed E-state index contributed by atoms with van der Waals surface area (Å²) in [7, 11) is -1.85. The number of ketones is 1. The Bertz CT molecular complexity index is 1130. The molecule has 0 saturated carbocycles. The molecule has 0 fully saturated rings. The Morgan fingerprint density at radius 1 is 1.06 bits per heavy atom. The number of amides is 1. The first-order valence-electron chi connectivity index (χ1n) is 9.99. The first kappa shape index (κ1) is 23.3. The Hall–Kier alpha value is -3.40. The van der Waals surface area contributed by atoms with Crippen molar-refractivity contribution in [2.45, 2.75) is 13.3 Å². The van der Waals surface area contributed by atoms with Crippen LogP contribution in [0, 0.1) is 0 Å². The largest absolute Gasteiger partial charge is 0.497 e. The number of hydrogen-bond donors (Lipinski definition) is 1. The van der Waals surface area contributed by atoms with Gasteiger partial charge in [0.1, 0.15) is 12.3 Å². The van der Waals surface area contributed by atoms with Crippen LogP contribution in [0.25, 0.3) is 0 Å². The van der Waals surface area contributed by atoms with E-state index in [1.54, 1.807) is 43.3 Å². The van der Waals surface area contributed by atoms with Crippen LogP contribution >= 0.6 is 0 Å². The summed E-state index contributed by atoms with van der Waals surface area (Å²) in [4.78, 5) is 36.4. The molecule has 0 aliphatic carbocycles. The van der Waals surface area contributed by atoms with Crippen molar-refractivity contribution in [1.82, 2.24) is 5.32 Å². The van der Waals surface area contributed by atoms with Gasteiger partial charge in [-0.25, -0.2) is 8.42 Å². The second kappa shape index (κ2) is 9.82. The third-order valence-corrected chi connectivity index (χ3v) is 6.85. The van der Waals surface area contributed by atoms with E-state index in [1.807, 2.05) is 0 Å². The summed E-state index contributed by atoms with van der Waals surface area (Å²) in [5.41, 5.74) is 2.01. The maximum Gasteiger partial charge on any atom is 0.325 e. The number of nitrogens with one attached hydrogen (secondary N) is 1. The van der Waals surface area contributed by atoms with Crippen LogP contribution in [-0.4, -0.2) is 58.6 Å². The molecule has 0 bridgehead atoms. The van der Waals surface area contributed by atoms with Crippen molar-refractivity contribution >= 4 is 33.4 Å². The molecule has 1 heterocycles. The predicted octanol–water partition coefficient (Wildman–Crippen LogP) is 1.56. The van der Waals surface area contributed by atoms with Crippen LogP contribution in [-0.2, 0) is 26.0 Å². The molecule has 0 spiro atoms. The van der Waals surface area contributed by atoms with Crippen LogP contribution < -0.4 is 14.4 Å². The first-order chi connectivity index (χ1) is 15.2. The molecule has 1 N–H and O–H groups in total. The topological polar surface area (TPSA) is 119 Å². The number of anilines is 1. The standard InChI is InChI=1S/C22H24N2O7S/c1-3-32(28,29)24-11-10-16-12-17(6-9-19(16)24)20(25)14-31-21(26)13-23-22(27)15-4-7-18(30-2)8-5-15/h4-9,12H,3,10-11,13-14H2,1-2H3,(H,23,27). The van der Waals surface area contributed by atoms with E-state index in [4.69, 9.17) is 9.47 Å². The number of carbonyl (C=O) groups excluding carboxylic acids is 3. The number of carbonyl (C=O) groups is 3. The summed E-state index contributed by atoms with van der Waals surface area (Å²) < 4.78 is 35.6. The van der Waals surface area contributed by atoms with Gasteiger partial charge >= 0.3 is 5.97 Å². The van der Waals surface area contributed by atoms with E-state index in [9.17, 15) is 22.8 Å². The Balaban J connectivity index is 1.51. The van der Waals surface area contributed by atoms with E-state index >= 15 is 0 Å². The van der Waals surface area contributed by atoms with Crippen LogP contribution in [0.3, 0.4) is 0 Å². The van der Waals surface area contributed by atoms with E-state index in [2.05, 4.69) is 5.32 Å². The number of benzene rings is 2. The fraction of sp³-hybridized carbons (Fsp3) is 0.318. The SMILES string of the molecule is CCS(=O)(=O)N1CCc2cc(C(=O)COC(=O)CNC(=O)c3ccc(OC)cc3)ccc21. The lowest BCUT2D eigenvalue weighted by atomic mass is 10.1. The van der Waals surface area contributed by atoms with Gasteiger partial charge in [0, 0.05) is 17.7 Å². The van der Waals surface area contributed by atoms with Gasteiger partial charge in [0.2, 0.25) is 10.0 Å². The van der Waals surface area contributed by atoms with E-state index in [0.717, 1.165) is 5.56 Å². The average molecular weight is 461 g/mol. The second-order valence-electron chi connectivity index (χ2n) is 7.06. The summed E-state index contributed by atoms with van der Waals surface area (Å²) >= 11 is 0. The van der Waals surface area contributed by atoms with E-state index in [1.165, 1.54) is 17.5 Å². The third-order valence-electron chi connectivity index (χ3n) is 5.06. The first-order valence-corrected chi connectivity index (χ1v) is 11.6. The molecule has 1 amide bonds. The number of rotatable bonds is 9. The molecule has 0 aromatic heterocycles. The van der Waals surface area contributed by atoms with Crippen molar-refractivity contribution in [2.75, 3.05) is 36.9 Å². The molecule has 3 rings (SSSR count). The van der Waals surface area contributed by atoms with Gasteiger partial charge < -0.3 is 14.8 Å². The van der Waals surface area contributed by atoms with Gasteiger partial charge in [-0.2, -0.15) is 0 Å². The number of Topliss-reactive ketones (excluding diaryl/α,β-unsaturated/α-hetero) is 1. The molecule has 32 heavy (non-hydrogen) atoms. The molecular formula is C22H24N2O7S. The highest BCUT2D eigenvalue weighted by molar-refractivity contribution is 7.92. The van der Waals surface area contributed by atoms with Crippen molar-refractivity contribution in [3.8, 4) is 5.75 Å². The number of sulfonamides is 1.